The lowest BCUT2D eigenvalue weighted by Crippen LogP contribution is -2.44. The maximum absolute atomic E-state index is 11.8. The normalized spacial score (nSPS) is 19.3. The number of thiophene rings is 1. The molecule has 0 aromatic carbocycles. The number of hydrogen-bond donors (Lipinski definition) is 2. The smallest absolute Gasteiger partial charge is 0.250 e. The third-order valence-electron chi connectivity index (χ3n) is 3.15. The fraction of sp³-hybridized carbons (Fsp3) is 0.600. The van der Waals surface area contributed by atoms with Crippen LogP contribution in [0.1, 0.15) is 19.3 Å². The summed E-state index contributed by atoms with van der Waals surface area (Å²) in [4.78, 5) is 0. The molecule has 0 bridgehead atoms. The lowest BCUT2D eigenvalue weighted by Gasteiger charge is -2.40. The molecule has 0 radical (unpaired) electrons. The van der Waals surface area contributed by atoms with Gasteiger partial charge in [0.1, 0.15) is 4.21 Å². The highest BCUT2D eigenvalue weighted by Crippen LogP contribution is 2.39. The van der Waals surface area contributed by atoms with E-state index < -0.39 is 10.0 Å². The summed E-state index contributed by atoms with van der Waals surface area (Å²) >= 11 is 1.20. The monoisotopic (exact) mass is 261 g/mol. The molecular formula is C10H15NO3S2. The molecule has 1 aliphatic rings. The van der Waals surface area contributed by atoms with E-state index in [2.05, 4.69) is 4.72 Å². The lowest BCUT2D eigenvalue weighted by atomic mass is 9.69. The Bertz CT molecular complexity index is 429. The molecule has 4 nitrogen and oxygen atoms in total. The van der Waals surface area contributed by atoms with Crippen molar-refractivity contribution >= 4 is 21.4 Å². The molecule has 0 spiro atoms. The van der Waals surface area contributed by atoms with Crippen molar-refractivity contribution in [3.05, 3.63) is 17.5 Å². The average molecular weight is 261 g/mol. The first kappa shape index (κ1) is 12.0. The van der Waals surface area contributed by atoms with Crippen molar-refractivity contribution in [2.24, 2.45) is 5.41 Å². The van der Waals surface area contributed by atoms with Crippen LogP contribution in [0.3, 0.4) is 0 Å². The fourth-order valence-corrected chi connectivity index (χ4v) is 4.00. The van der Waals surface area contributed by atoms with Gasteiger partial charge in [0.25, 0.3) is 0 Å². The van der Waals surface area contributed by atoms with Gasteiger partial charge in [0.05, 0.1) is 0 Å². The van der Waals surface area contributed by atoms with Crippen molar-refractivity contribution in [1.29, 1.82) is 0 Å². The molecule has 1 heterocycles. The minimum Gasteiger partial charge on any atom is -0.396 e. The summed E-state index contributed by atoms with van der Waals surface area (Å²) in [5.41, 5.74) is -0.218. The van der Waals surface area contributed by atoms with Crippen LogP contribution in [0.15, 0.2) is 21.7 Å². The van der Waals surface area contributed by atoms with Crippen molar-refractivity contribution in [3.8, 4) is 0 Å². The molecule has 1 aliphatic carbocycles. The Kier molecular flexibility index (Phi) is 3.34. The SMILES string of the molecule is O=S(=O)(NCC1(CO)CCC1)c1cccs1. The van der Waals surface area contributed by atoms with E-state index in [1.807, 2.05) is 0 Å². The van der Waals surface area contributed by atoms with Gasteiger partial charge in [0.15, 0.2) is 0 Å². The van der Waals surface area contributed by atoms with Crippen molar-refractivity contribution in [2.75, 3.05) is 13.2 Å². The van der Waals surface area contributed by atoms with Crippen molar-refractivity contribution < 1.29 is 13.5 Å². The number of rotatable bonds is 5. The van der Waals surface area contributed by atoms with Gasteiger partial charge in [-0.1, -0.05) is 12.5 Å². The molecule has 6 heteroatoms. The summed E-state index contributed by atoms with van der Waals surface area (Å²) in [5, 5.41) is 11.0. The van der Waals surface area contributed by atoms with E-state index in [0.29, 0.717) is 10.8 Å². The first-order valence-electron chi connectivity index (χ1n) is 5.22. The van der Waals surface area contributed by atoms with Crippen molar-refractivity contribution in [3.63, 3.8) is 0 Å². The summed E-state index contributed by atoms with van der Waals surface area (Å²) in [5.74, 6) is 0. The molecule has 0 aliphatic heterocycles. The highest BCUT2D eigenvalue weighted by atomic mass is 32.2. The lowest BCUT2D eigenvalue weighted by molar-refractivity contribution is 0.0500. The van der Waals surface area contributed by atoms with Gasteiger partial charge in [-0.15, -0.1) is 11.3 Å². The quantitative estimate of drug-likeness (QED) is 0.836. The minimum absolute atomic E-state index is 0.0555. The molecule has 0 saturated heterocycles. The molecule has 0 amide bonds. The van der Waals surface area contributed by atoms with Crippen LogP contribution < -0.4 is 4.72 Å². The minimum atomic E-state index is -3.38. The van der Waals surface area contributed by atoms with Crippen LogP contribution in [0.25, 0.3) is 0 Å². The second kappa shape index (κ2) is 4.44. The zero-order valence-electron chi connectivity index (χ0n) is 8.85. The van der Waals surface area contributed by atoms with Crippen LogP contribution >= 0.6 is 11.3 Å². The topological polar surface area (TPSA) is 66.4 Å². The third kappa shape index (κ3) is 2.29. The maximum Gasteiger partial charge on any atom is 0.250 e. The largest absolute Gasteiger partial charge is 0.396 e. The van der Waals surface area contributed by atoms with Gasteiger partial charge in [-0.05, 0) is 24.3 Å². The number of aliphatic hydroxyl groups excluding tert-OH is 1. The molecule has 1 fully saturated rings. The fourth-order valence-electron chi connectivity index (χ4n) is 1.80. The Morgan fingerprint density at radius 2 is 2.25 bits per heavy atom. The molecule has 1 aromatic heterocycles. The second-order valence-electron chi connectivity index (χ2n) is 4.27. The first-order chi connectivity index (χ1) is 7.58. The Hall–Kier alpha value is -0.430. The maximum atomic E-state index is 11.8. The van der Waals surface area contributed by atoms with E-state index in [0.717, 1.165) is 19.3 Å². The zero-order chi connectivity index (χ0) is 11.6. The molecule has 2 N–H and O–H groups in total. The van der Waals surface area contributed by atoms with Crippen LogP contribution in [0, 0.1) is 5.41 Å². The van der Waals surface area contributed by atoms with E-state index in [-0.39, 0.29) is 12.0 Å². The van der Waals surface area contributed by atoms with E-state index in [1.165, 1.54) is 11.3 Å². The van der Waals surface area contributed by atoms with Crippen LogP contribution in [0.4, 0.5) is 0 Å². The molecule has 1 saturated carbocycles. The summed E-state index contributed by atoms with van der Waals surface area (Å²) in [6.07, 6.45) is 2.87. The number of hydrogen-bond acceptors (Lipinski definition) is 4. The van der Waals surface area contributed by atoms with E-state index in [9.17, 15) is 13.5 Å². The van der Waals surface area contributed by atoms with Gasteiger partial charge >= 0.3 is 0 Å². The Morgan fingerprint density at radius 3 is 2.69 bits per heavy atom. The Morgan fingerprint density at radius 1 is 1.50 bits per heavy atom. The van der Waals surface area contributed by atoms with E-state index >= 15 is 0 Å². The number of sulfonamides is 1. The highest BCUT2D eigenvalue weighted by molar-refractivity contribution is 7.91. The highest BCUT2D eigenvalue weighted by Gasteiger charge is 2.37. The van der Waals surface area contributed by atoms with Crippen molar-refractivity contribution in [1.82, 2.24) is 4.72 Å². The predicted octanol–water partition coefficient (Wildman–Crippen LogP) is 1.19. The van der Waals surface area contributed by atoms with Gasteiger partial charge in [0, 0.05) is 18.6 Å². The van der Waals surface area contributed by atoms with E-state index in [4.69, 9.17) is 0 Å². The summed E-state index contributed by atoms with van der Waals surface area (Å²) < 4.78 is 26.5. The summed E-state index contributed by atoms with van der Waals surface area (Å²) in [6, 6.07) is 3.30. The van der Waals surface area contributed by atoms with Crippen LogP contribution in [-0.4, -0.2) is 26.7 Å². The van der Waals surface area contributed by atoms with Crippen LogP contribution in [0.5, 0.6) is 0 Å². The van der Waals surface area contributed by atoms with Gasteiger partial charge in [-0.2, -0.15) is 0 Å². The number of aliphatic hydroxyl groups is 1. The number of nitrogens with one attached hydrogen (secondary N) is 1. The third-order valence-corrected chi connectivity index (χ3v) is 5.95. The van der Waals surface area contributed by atoms with E-state index in [1.54, 1.807) is 17.5 Å². The van der Waals surface area contributed by atoms with Gasteiger partial charge < -0.3 is 5.11 Å². The Labute approximate surface area is 99.4 Å². The van der Waals surface area contributed by atoms with Crippen LogP contribution in [0.2, 0.25) is 0 Å². The first-order valence-corrected chi connectivity index (χ1v) is 7.58. The predicted molar refractivity (Wildman–Crippen MR) is 62.9 cm³/mol. The average Bonchev–Trinajstić information content (AvgIpc) is 2.70. The molecule has 1 aromatic rings. The summed E-state index contributed by atoms with van der Waals surface area (Å²) in [7, 11) is -3.38. The van der Waals surface area contributed by atoms with Gasteiger partial charge in [-0.25, -0.2) is 13.1 Å². The standard InChI is InChI=1S/C10H15NO3S2/c12-8-10(4-2-5-10)7-11-16(13,14)9-3-1-6-15-9/h1,3,6,11-12H,2,4-5,7-8H2. The second-order valence-corrected chi connectivity index (χ2v) is 7.21. The zero-order valence-corrected chi connectivity index (χ0v) is 10.5. The van der Waals surface area contributed by atoms with Gasteiger partial charge in [-0.3, -0.25) is 0 Å². The molecular weight excluding hydrogens is 246 g/mol. The van der Waals surface area contributed by atoms with Crippen molar-refractivity contribution in [2.45, 2.75) is 23.5 Å². The molecule has 0 unspecified atom stereocenters. The molecule has 16 heavy (non-hydrogen) atoms. The molecule has 90 valence electrons. The van der Waals surface area contributed by atoms with Crippen LogP contribution in [-0.2, 0) is 10.0 Å². The Balaban J connectivity index is 2.00. The molecule has 2 rings (SSSR count). The summed E-state index contributed by atoms with van der Waals surface area (Å²) in [6.45, 7) is 0.393. The molecule has 0 atom stereocenters. The van der Waals surface area contributed by atoms with Gasteiger partial charge in [0.2, 0.25) is 10.0 Å².